The summed E-state index contributed by atoms with van der Waals surface area (Å²) in [5.74, 6) is -1.47. The standard InChI is InChI=1S/C24H21N5O3S/c1-13-17-6-4-5-7-18(17)21(28-29-24-26-14(2)19(12-25)33-24)22(30)20(13)23(31)27-15-8-10-16(32-3)11-9-15/h4-11,13,17,20H,1-3H3,(H,27,31). The van der Waals surface area contributed by atoms with Gasteiger partial charge in [-0.2, -0.15) is 5.26 Å². The summed E-state index contributed by atoms with van der Waals surface area (Å²) in [7, 11) is 1.57. The highest BCUT2D eigenvalue weighted by Gasteiger charge is 2.44. The molecule has 8 nitrogen and oxygen atoms in total. The van der Waals surface area contributed by atoms with E-state index in [1.165, 1.54) is 0 Å². The second-order valence-corrected chi connectivity index (χ2v) is 8.69. The Morgan fingerprint density at radius 3 is 2.67 bits per heavy atom. The predicted molar refractivity (Wildman–Crippen MR) is 124 cm³/mol. The van der Waals surface area contributed by atoms with E-state index in [-0.39, 0.29) is 22.7 Å². The zero-order chi connectivity index (χ0) is 23.5. The predicted octanol–water partition coefficient (Wildman–Crippen LogP) is 4.89. The van der Waals surface area contributed by atoms with Crippen LogP contribution >= 0.6 is 11.3 Å². The van der Waals surface area contributed by atoms with Crippen molar-refractivity contribution in [3.8, 4) is 11.8 Å². The molecular formula is C24H21N5O3S. The fourth-order valence-corrected chi connectivity index (χ4v) is 4.66. The molecule has 0 saturated carbocycles. The van der Waals surface area contributed by atoms with Crippen molar-refractivity contribution < 1.29 is 14.3 Å². The molecule has 0 spiro atoms. The fourth-order valence-electron chi connectivity index (χ4n) is 3.97. The number of carbonyl (C=O) groups is 2. The largest absolute Gasteiger partial charge is 0.497 e. The smallest absolute Gasteiger partial charge is 0.235 e. The molecule has 0 aliphatic heterocycles. The van der Waals surface area contributed by atoms with E-state index in [1.54, 1.807) is 38.3 Å². The third kappa shape index (κ3) is 4.38. The Balaban J connectivity index is 1.65. The summed E-state index contributed by atoms with van der Waals surface area (Å²) in [4.78, 5) is 31.3. The molecule has 0 fully saturated rings. The number of nitrogens with one attached hydrogen (secondary N) is 1. The Labute approximate surface area is 195 Å². The molecule has 2 aliphatic rings. The molecule has 3 unspecified atom stereocenters. The van der Waals surface area contributed by atoms with E-state index < -0.39 is 17.6 Å². The molecule has 33 heavy (non-hydrogen) atoms. The molecule has 1 aromatic heterocycles. The summed E-state index contributed by atoms with van der Waals surface area (Å²) >= 11 is 1.10. The SMILES string of the molecule is COc1ccc(NC(=O)C2C(=O)C(N=Nc3nc(C)c(C#N)s3)=C3C=CC=CC3C2C)cc1. The third-order valence-electron chi connectivity index (χ3n) is 5.71. The Morgan fingerprint density at radius 1 is 1.24 bits per heavy atom. The molecule has 166 valence electrons. The number of anilines is 1. The topological polar surface area (TPSA) is 117 Å². The second-order valence-electron chi connectivity index (χ2n) is 7.72. The van der Waals surface area contributed by atoms with Gasteiger partial charge in [0.1, 0.15) is 28.3 Å². The van der Waals surface area contributed by atoms with Gasteiger partial charge in [0.2, 0.25) is 11.0 Å². The van der Waals surface area contributed by atoms with Crippen LogP contribution in [0, 0.1) is 36.0 Å². The van der Waals surface area contributed by atoms with Gasteiger partial charge in [0.05, 0.1) is 12.8 Å². The average molecular weight is 460 g/mol. The van der Waals surface area contributed by atoms with Crippen molar-refractivity contribution >= 4 is 33.8 Å². The van der Waals surface area contributed by atoms with Crippen molar-refractivity contribution in [3.05, 3.63) is 70.4 Å². The number of hydrogen-bond donors (Lipinski definition) is 1. The quantitative estimate of drug-likeness (QED) is 0.505. The molecule has 2 aromatic rings. The first-order valence-corrected chi connectivity index (χ1v) is 11.1. The minimum absolute atomic E-state index is 0.139. The number of fused-ring (bicyclic) bond motifs is 1. The number of rotatable bonds is 5. The van der Waals surface area contributed by atoms with Gasteiger partial charge in [-0.25, -0.2) is 4.98 Å². The van der Waals surface area contributed by atoms with Crippen LogP contribution in [0.3, 0.4) is 0 Å². The molecule has 0 saturated heterocycles. The number of thiazole rings is 1. The van der Waals surface area contributed by atoms with Crippen LogP contribution in [0.15, 0.2) is 70.1 Å². The summed E-state index contributed by atoms with van der Waals surface area (Å²) in [6.45, 7) is 3.61. The highest BCUT2D eigenvalue weighted by Crippen LogP contribution is 2.41. The Hall–Kier alpha value is -3.90. The maximum absolute atomic E-state index is 13.5. The number of benzene rings is 1. The number of azo groups is 1. The Morgan fingerprint density at radius 2 is 2.00 bits per heavy atom. The van der Waals surface area contributed by atoms with Gasteiger partial charge < -0.3 is 10.1 Å². The van der Waals surface area contributed by atoms with Crippen molar-refractivity contribution in [2.75, 3.05) is 12.4 Å². The maximum atomic E-state index is 13.5. The monoisotopic (exact) mass is 459 g/mol. The number of ether oxygens (including phenoxy) is 1. The lowest BCUT2D eigenvalue weighted by molar-refractivity contribution is -0.132. The van der Waals surface area contributed by atoms with Gasteiger partial charge in [0.25, 0.3) is 0 Å². The molecule has 0 bridgehead atoms. The Kier molecular flexibility index (Phi) is 6.29. The van der Waals surface area contributed by atoms with Gasteiger partial charge in [-0.15, -0.1) is 10.2 Å². The number of carbonyl (C=O) groups excluding carboxylic acids is 2. The van der Waals surface area contributed by atoms with Crippen molar-refractivity contribution in [2.24, 2.45) is 28.0 Å². The summed E-state index contributed by atoms with van der Waals surface area (Å²) in [6.07, 6.45) is 7.53. The first-order valence-electron chi connectivity index (χ1n) is 10.3. The van der Waals surface area contributed by atoms with Crippen molar-refractivity contribution in [1.82, 2.24) is 4.98 Å². The van der Waals surface area contributed by atoms with E-state index in [4.69, 9.17) is 10.00 Å². The van der Waals surface area contributed by atoms with Crippen LogP contribution < -0.4 is 10.1 Å². The zero-order valence-electron chi connectivity index (χ0n) is 18.3. The first kappa shape index (κ1) is 22.3. The van der Waals surface area contributed by atoms with Gasteiger partial charge in [0.15, 0.2) is 5.78 Å². The number of amides is 1. The minimum atomic E-state index is -0.932. The van der Waals surface area contributed by atoms with Gasteiger partial charge >= 0.3 is 0 Å². The van der Waals surface area contributed by atoms with Crippen molar-refractivity contribution in [1.29, 1.82) is 5.26 Å². The summed E-state index contributed by atoms with van der Waals surface area (Å²) < 4.78 is 5.15. The summed E-state index contributed by atoms with van der Waals surface area (Å²) in [6, 6.07) is 8.97. The fraction of sp³-hybridized carbons (Fsp3) is 0.250. The van der Waals surface area contributed by atoms with Crippen molar-refractivity contribution in [3.63, 3.8) is 0 Å². The molecule has 9 heteroatoms. The van der Waals surface area contributed by atoms with E-state index in [1.807, 2.05) is 31.2 Å². The van der Waals surface area contributed by atoms with Gasteiger partial charge in [-0.1, -0.05) is 42.6 Å². The average Bonchev–Trinajstić information content (AvgIpc) is 3.19. The number of nitriles is 1. The number of methoxy groups -OCH3 is 1. The number of hydrogen-bond acceptors (Lipinski definition) is 8. The van der Waals surface area contributed by atoms with Crippen LogP contribution in [-0.4, -0.2) is 23.8 Å². The highest BCUT2D eigenvalue weighted by atomic mass is 32.1. The van der Waals surface area contributed by atoms with E-state index >= 15 is 0 Å². The van der Waals surface area contributed by atoms with Crippen LogP contribution in [0.2, 0.25) is 0 Å². The molecule has 3 atom stereocenters. The number of aryl methyl sites for hydroxylation is 1. The van der Waals surface area contributed by atoms with Crippen LogP contribution in [-0.2, 0) is 9.59 Å². The number of Topliss-reactive ketones (excluding diaryl/α,β-unsaturated/α-hetero) is 1. The van der Waals surface area contributed by atoms with Crippen LogP contribution in [0.5, 0.6) is 5.75 Å². The van der Waals surface area contributed by atoms with Crippen molar-refractivity contribution in [2.45, 2.75) is 13.8 Å². The molecule has 1 amide bonds. The molecule has 4 rings (SSSR count). The minimum Gasteiger partial charge on any atom is -0.497 e. The van der Waals surface area contributed by atoms with E-state index in [9.17, 15) is 9.59 Å². The van der Waals surface area contributed by atoms with E-state index in [0.29, 0.717) is 22.0 Å². The maximum Gasteiger partial charge on any atom is 0.235 e. The second kappa shape index (κ2) is 9.30. The number of nitrogens with zero attached hydrogens (tertiary/aromatic N) is 4. The molecule has 0 radical (unpaired) electrons. The van der Waals surface area contributed by atoms with E-state index in [0.717, 1.165) is 16.9 Å². The number of aromatic nitrogens is 1. The van der Waals surface area contributed by atoms with Gasteiger partial charge in [-0.3, -0.25) is 9.59 Å². The molecule has 1 aromatic carbocycles. The highest BCUT2D eigenvalue weighted by molar-refractivity contribution is 7.15. The molecule has 1 heterocycles. The number of allylic oxidation sites excluding steroid dienone is 6. The third-order valence-corrected chi connectivity index (χ3v) is 6.65. The van der Waals surface area contributed by atoms with Crippen LogP contribution in [0.1, 0.15) is 17.5 Å². The van der Waals surface area contributed by atoms with Crippen LogP contribution in [0.25, 0.3) is 0 Å². The lowest BCUT2D eigenvalue weighted by atomic mass is 9.69. The normalized spacial score (nSPS) is 21.8. The zero-order valence-corrected chi connectivity index (χ0v) is 19.1. The first-order chi connectivity index (χ1) is 15.9. The van der Waals surface area contributed by atoms with E-state index in [2.05, 4.69) is 26.6 Å². The lowest BCUT2D eigenvalue weighted by Crippen LogP contribution is -2.42. The molecular weight excluding hydrogens is 438 g/mol. The number of ketones is 1. The van der Waals surface area contributed by atoms with Crippen LogP contribution in [0.4, 0.5) is 10.8 Å². The van der Waals surface area contributed by atoms with Gasteiger partial charge in [-0.05, 0) is 42.7 Å². The van der Waals surface area contributed by atoms with Gasteiger partial charge in [0, 0.05) is 11.6 Å². The Bertz CT molecular complexity index is 1260. The lowest BCUT2D eigenvalue weighted by Gasteiger charge is -2.34. The molecule has 1 N–H and O–H groups in total. The summed E-state index contributed by atoms with van der Waals surface area (Å²) in [5, 5.41) is 20.6. The molecule has 2 aliphatic carbocycles. The summed E-state index contributed by atoms with van der Waals surface area (Å²) in [5.41, 5.74) is 1.99.